The molecule has 0 atom stereocenters. The van der Waals surface area contributed by atoms with Crippen molar-refractivity contribution in [3.05, 3.63) is 23.8 Å². The van der Waals surface area contributed by atoms with E-state index in [4.69, 9.17) is 4.74 Å². The van der Waals surface area contributed by atoms with E-state index in [-0.39, 0.29) is 12.5 Å². The Morgan fingerprint density at radius 1 is 1.40 bits per heavy atom. The molecule has 0 fully saturated rings. The molecule has 0 unspecified atom stereocenters. The van der Waals surface area contributed by atoms with Gasteiger partial charge in [-0.25, -0.2) is 0 Å². The van der Waals surface area contributed by atoms with Gasteiger partial charge >= 0.3 is 10.2 Å². The maximum Gasteiger partial charge on any atom is 0.335 e. The summed E-state index contributed by atoms with van der Waals surface area (Å²) in [6, 6.07) is 4.22. The number of halogens is 1. The van der Waals surface area contributed by atoms with Gasteiger partial charge in [0.05, 0.1) is 0 Å². The zero-order valence-electron chi connectivity index (χ0n) is 8.36. The van der Waals surface area contributed by atoms with Crippen LogP contribution in [0.4, 0.5) is 3.89 Å². The van der Waals surface area contributed by atoms with Crippen molar-refractivity contribution < 1.29 is 21.8 Å². The van der Waals surface area contributed by atoms with Crippen LogP contribution in [0.2, 0.25) is 0 Å². The number of benzene rings is 1. The average Bonchev–Trinajstić information content (AvgIpc) is 2.14. The van der Waals surface area contributed by atoms with E-state index in [1.54, 1.807) is 13.0 Å². The minimum atomic E-state index is -4.77. The van der Waals surface area contributed by atoms with Crippen LogP contribution in [0.5, 0.6) is 5.75 Å². The van der Waals surface area contributed by atoms with Crippen molar-refractivity contribution in [3.63, 3.8) is 0 Å². The van der Waals surface area contributed by atoms with Gasteiger partial charge in [0.1, 0.15) is 10.6 Å². The van der Waals surface area contributed by atoms with E-state index in [1.165, 1.54) is 19.2 Å². The fourth-order valence-electron chi connectivity index (χ4n) is 1.05. The van der Waals surface area contributed by atoms with Crippen molar-refractivity contribution in [3.8, 4) is 5.75 Å². The highest BCUT2D eigenvalue weighted by molar-refractivity contribution is 7.86. The molecule has 6 heteroatoms. The van der Waals surface area contributed by atoms with Gasteiger partial charge in [-0.3, -0.25) is 0 Å². The molecular formula is C9H11FO4S. The molecule has 0 amide bonds. The Bertz CT molecular complexity index is 441. The Morgan fingerprint density at radius 2 is 2.07 bits per heavy atom. The van der Waals surface area contributed by atoms with Crippen molar-refractivity contribution in [2.45, 2.75) is 11.8 Å². The third-order valence-electron chi connectivity index (χ3n) is 1.69. The highest BCUT2D eigenvalue weighted by atomic mass is 32.3. The van der Waals surface area contributed by atoms with Gasteiger partial charge in [0.25, 0.3) is 0 Å². The first kappa shape index (κ1) is 11.9. The third-order valence-corrected chi connectivity index (χ3v) is 2.54. The van der Waals surface area contributed by atoms with Gasteiger partial charge < -0.3 is 9.47 Å². The number of hydrogen-bond donors (Lipinski definition) is 0. The van der Waals surface area contributed by atoms with Crippen LogP contribution in [-0.4, -0.2) is 22.3 Å². The summed E-state index contributed by atoms with van der Waals surface area (Å²) in [5.41, 5.74) is 0.635. The average molecular weight is 234 g/mol. The van der Waals surface area contributed by atoms with Gasteiger partial charge in [-0.1, -0.05) is 6.07 Å². The van der Waals surface area contributed by atoms with E-state index < -0.39 is 15.1 Å². The van der Waals surface area contributed by atoms with Crippen LogP contribution < -0.4 is 4.74 Å². The Morgan fingerprint density at radius 3 is 2.60 bits per heavy atom. The van der Waals surface area contributed by atoms with Crippen LogP contribution >= 0.6 is 0 Å². The van der Waals surface area contributed by atoms with Gasteiger partial charge in [0.2, 0.25) is 0 Å². The van der Waals surface area contributed by atoms with Crippen molar-refractivity contribution in [1.82, 2.24) is 0 Å². The highest BCUT2D eigenvalue weighted by Crippen LogP contribution is 2.26. The summed E-state index contributed by atoms with van der Waals surface area (Å²) in [5.74, 6) is -0.0510. The Labute approximate surface area is 87.8 Å². The van der Waals surface area contributed by atoms with E-state index in [2.05, 4.69) is 4.74 Å². The summed E-state index contributed by atoms with van der Waals surface area (Å²) in [4.78, 5) is -0.473. The van der Waals surface area contributed by atoms with Gasteiger partial charge in [0, 0.05) is 7.11 Å². The predicted octanol–water partition coefficient (Wildman–Crippen LogP) is 1.64. The summed E-state index contributed by atoms with van der Waals surface area (Å²) in [6.45, 7) is 1.53. The molecule has 0 radical (unpaired) electrons. The summed E-state index contributed by atoms with van der Waals surface area (Å²) >= 11 is 0. The molecule has 0 saturated heterocycles. The van der Waals surface area contributed by atoms with Gasteiger partial charge in [-0.05, 0) is 24.6 Å². The zero-order chi connectivity index (χ0) is 11.5. The lowest BCUT2D eigenvalue weighted by Gasteiger charge is -2.08. The van der Waals surface area contributed by atoms with Gasteiger partial charge in [-0.2, -0.15) is 8.42 Å². The second-order valence-corrected chi connectivity index (χ2v) is 4.25. The van der Waals surface area contributed by atoms with Crippen molar-refractivity contribution in [2.24, 2.45) is 0 Å². The van der Waals surface area contributed by atoms with Crippen molar-refractivity contribution in [1.29, 1.82) is 0 Å². The molecule has 15 heavy (non-hydrogen) atoms. The van der Waals surface area contributed by atoms with Crippen molar-refractivity contribution in [2.75, 3.05) is 13.9 Å². The molecule has 0 aliphatic carbocycles. The zero-order valence-corrected chi connectivity index (χ0v) is 9.17. The standard InChI is InChI=1S/C9H11FO4S/c1-7-3-4-8(14-6-13-2)9(5-7)15(10,11)12/h3-5H,6H2,1-2H3. The number of ether oxygens (including phenoxy) is 2. The van der Waals surface area contributed by atoms with Crippen LogP contribution in [0, 0.1) is 6.92 Å². The number of rotatable bonds is 4. The Hall–Kier alpha value is -1.14. The first-order chi connectivity index (χ1) is 6.95. The fourth-order valence-corrected chi connectivity index (χ4v) is 1.74. The van der Waals surface area contributed by atoms with Crippen molar-refractivity contribution >= 4 is 10.2 Å². The predicted molar refractivity (Wildman–Crippen MR) is 52.0 cm³/mol. The Balaban J connectivity index is 3.15. The molecule has 1 aromatic carbocycles. The summed E-state index contributed by atoms with van der Waals surface area (Å²) in [5, 5.41) is 0. The summed E-state index contributed by atoms with van der Waals surface area (Å²) in [6.07, 6.45) is 0. The van der Waals surface area contributed by atoms with Crippen LogP contribution in [-0.2, 0) is 15.0 Å². The van der Waals surface area contributed by atoms with E-state index >= 15 is 0 Å². The second-order valence-electron chi connectivity index (χ2n) is 2.94. The minimum Gasteiger partial charge on any atom is -0.466 e. The number of methoxy groups -OCH3 is 1. The van der Waals surface area contributed by atoms with Crippen LogP contribution in [0.15, 0.2) is 23.1 Å². The Kier molecular flexibility index (Phi) is 3.65. The summed E-state index contributed by atoms with van der Waals surface area (Å²) < 4.78 is 43.9. The lowest BCUT2D eigenvalue weighted by molar-refractivity contribution is 0.0489. The van der Waals surface area contributed by atoms with E-state index in [0.717, 1.165) is 0 Å². The van der Waals surface area contributed by atoms with E-state index in [9.17, 15) is 12.3 Å². The molecule has 0 saturated carbocycles. The molecule has 0 heterocycles. The molecule has 4 nitrogen and oxygen atoms in total. The van der Waals surface area contributed by atoms with E-state index in [0.29, 0.717) is 5.56 Å². The first-order valence-electron chi connectivity index (χ1n) is 4.12. The molecule has 0 aliphatic heterocycles. The third kappa shape index (κ3) is 3.17. The summed E-state index contributed by atoms with van der Waals surface area (Å²) in [7, 11) is -3.38. The molecule has 0 aliphatic rings. The van der Waals surface area contributed by atoms with Crippen LogP contribution in [0.25, 0.3) is 0 Å². The first-order valence-corrected chi connectivity index (χ1v) is 5.50. The van der Waals surface area contributed by atoms with Crippen LogP contribution in [0.3, 0.4) is 0 Å². The monoisotopic (exact) mass is 234 g/mol. The van der Waals surface area contributed by atoms with Crippen LogP contribution in [0.1, 0.15) is 5.56 Å². The number of hydrogen-bond acceptors (Lipinski definition) is 4. The molecule has 84 valence electrons. The number of aryl methyl sites for hydroxylation is 1. The maximum atomic E-state index is 12.8. The molecule has 0 spiro atoms. The largest absolute Gasteiger partial charge is 0.466 e. The van der Waals surface area contributed by atoms with E-state index in [1.807, 2.05) is 0 Å². The smallest absolute Gasteiger partial charge is 0.335 e. The SMILES string of the molecule is COCOc1ccc(C)cc1S(=O)(=O)F. The quantitative estimate of drug-likeness (QED) is 0.587. The lowest BCUT2D eigenvalue weighted by atomic mass is 10.2. The normalized spacial score (nSPS) is 11.4. The maximum absolute atomic E-state index is 12.8. The molecular weight excluding hydrogens is 223 g/mol. The van der Waals surface area contributed by atoms with Gasteiger partial charge in [-0.15, -0.1) is 3.89 Å². The molecule has 1 rings (SSSR count). The minimum absolute atomic E-state index is 0.0510. The van der Waals surface area contributed by atoms with Gasteiger partial charge in [0.15, 0.2) is 6.79 Å². The molecule has 0 N–H and O–H groups in total. The lowest BCUT2D eigenvalue weighted by Crippen LogP contribution is -2.03. The molecule has 1 aromatic rings. The second kappa shape index (κ2) is 4.59. The fraction of sp³-hybridized carbons (Fsp3) is 0.333. The molecule has 0 aromatic heterocycles. The molecule has 0 bridgehead atoms. The topological polar surface area (TPSA) is 52.6 Å². The highest BCUT2D eigenvalue weighted by Gasteiger charge is 2.18.